The molecule has 0 saturated carbocycles. The molecule has 0 spiro atoms. The molecule has 20 heavy (non-hydrogen) atoms. The third-order valence-electron chi connectivity index (χ3n) is 4.08. The van der Waals surface area contributed by atoms with Crippen LogP contribution in [0.25, 0.3) is 0 Å². The van der Waals surface area contributed by atoms with Crippen LogP contribution in [0.3, 0.4) is 0 Å². The number of hydrogen-bond acceptors (Lipinski definition) is 2. The van der Waals surface area contributed by atoms with Crippen LogP contribution in [0.4, 0.5) is 4.79 Å². The minimum atomic E-state index is -0.800. The fourth-order valence-corrected chi connectivity index (χ4v) is 2.84. The van der Waals surface area contributed by atoms with Crippen LogP contribution in [0.5, 0.6) is 0 Å². The number of amides is 1. The zero-order valence-corrected chi connectivity index (χ0v) is 11.6. The first-order valence-corrected chi connectivity index (χ1v) is 7.16. The van der Waals surface area contributed by atoms with Crippen molar-refractivity contribution in [3.8, 4) is 6.07 Å². The summed E-state index contributed by atoms with van der Waals surface area (Å²) in [7, 11) is 0. The summed E-state index contributed by atoms with van der Waals surface area (Å²) in [4.78, 5) is 12.3. The molecular formula is C16H20N2O2. The molecule has 1 fully saturated rings. The average Bonchev–Trinajstić information content (AvgIpc) is 2.48. The van der Waals surface area contributed by atoms with E-state index in [0.717, 1.165) is 43.2 Å². The highest BCUT2D eigenvalue weighted by Gasteiger charge is 2.21. The molecule has 1 N–H and O–H groups in total. The molecule has 1 heterocycles. The Morgan fingerprint density at radius 1 is 1.35 bits per heavy atom. The van der Waals surface area contributed by atoms with E-state index in [1.165, 1.54) is 4.90 Å². The van der Waals surface area contributed by atoms with E-state index in [4.69, 9.17) is 10.4 Å². The number of likely N-dealkylation sites (tertiary alicyclic amines) is 1. The standard InChI is InChI=1S/C16H20N2O2/c17-12-15-6-2-1-5-14(15)7-3-4-13-8-10-18(11-9-13)16(19)20/h1-2,5-6,13H,3-4,7-11H2,(H,19,20). The Hall–Kier alpha value is -2.02. The molecule has 0 unspecified atom stereocenters. The van der Waals surface area contributed by atoms with Crippen molar-refractivity contribution in [2.45, 2.75) is 32.1 Å². The molecule has 0 radical (unpaired) electrons. The molecular weight excluding hydrogens is 252 g/mol. The fraction of sp³-hybridized carbons (Fsp3) is 0.500. The SMILES string of the molecule is N#Cc1ccccc1CCCC1CCN(C(=O)O)CC1. The van der Waals surface area contributed by atoms with E-state index in [-0.39, 0.29) is 0 Å². The van der Waals surface area contributed by atoms with Crippen LogP contribution in [0, 0.1) is 17.2 Å². The van der Waals surface area contributed by atoms with E-state index in [1.54, 1.807) is 0 Å². The molecule has 1 aromatic rings. The lowest BCUT2D eigenvalue weighted by Crippen LogP contribution is -2.37. The summed E-state index contributed by atoms with van der Waals surface area (Å²) in [5, 5.41) is 17.9. The maximum absolute atomic E-state index is 10.8. The summed E-state index contributed by atoms with van der Waals surface area (Å²) in [5.41, 5.74) is 1.89. The summed E-state index contributed by atoms with van der Waals surface area (Å²) >= 11 is 0. The van der Waals surface area contributed by atoms with Crippen molar-refractivity contribution in [2.75, 3.05) is 13.1 Å². The molecule has 0 aromatic heterocycles. The monoisotopic (exact) mass is 272 g/mol. The Morgan fingerprint density at radius 2 is 2.05 bits per heavy atom. The van der Waals surface area contributed by atoms with E-state index in [9.17, 15) is 4.79 Å². The Kier molecular flexibility index (Phi) is 5.00. The topological polar surface area (TPSA) is 64.3 Å². The van der Waals surface area contributed by atoms with E-state index < -0.39 is 6.09 Å². The highest BCUT2D eigenvalue weighted by atomic mass is 16.4. The first kappa shape index (κ1) is 14.4. The zero-order chi connectivity index (χ0) is 14.4. The normalized spacial score (nSPS) is 15.8. The molecule has 1 aliphatic heterocycles. The quantitative estimate of drug-likeness (QED) is 0.914. The molecule has 4 nitrogen and oxygen atoms in total. The van der Waals surface area contributed by atoms with Crippen LogP contribution < -0.4 is 0 Å². The summed E-state index contributed by atoms with van der Waals surface area (Å²) in [5.74, 6) is 0.625. The number of nitrogens with zero attached hydrogens (tertiary/aromatic N) is 2. The maximum atomic E-state index is 10.8. The third-order valence-corrected chi connectivity index (χ3v) is 4.08. The second kappa shape index (κ2) is 6.95. The van der Waals surface area contributed by atoms with E-state index >= 15 is 0 Å². The van der Waals surface area contributed by atoms with Crippen LogP contribution >= 0.6 is 0 Å². The molecule has 1 aromatic carbocycles. The van der Waals surface area contributed by atoms with Gasteiger partial charge in [0.15, 0.2) is 0 Å². The molecule has 106 valence electrons. The number of piperidine rings is 1. The lowest BCUT2D eigenvalue weighted by Gasteiger charge is -2.29. The summed E-state index contributed by atoms with van der Waals surface area (Å²) in [6.07, 6.45) is 4.25. The molecule has 2 rings (SSSR count). The lowest BCUT2D eigenvalue weighted by molar-refractivity contribution is 0.123. The molecule has 1 saturated heterocycles. The summed E-state index contributed by atoms with van der Waals surface area (Å²) in [6.45, 7) is 1.32. The number of nitriles is 1. The molecule has 0 bridgehead atoms. The van der Waals surface area contributed by atoms with Gasteiger partial charge in [-0.2, -0.15) is 5.26 Å². The van der Waals surface area contributed by atoms with Crippen molar-refractivity contribution in [3.05, 3.63) is 35.4 Å². The average molecular weight is 272 g/mol. The van der Waals surface area contributed by atoms with Crippen molar-refractivity contribution in [1.82, 2.24) is 4.90 Å². The second-order valence-corrected chi connectivity index (χ2v) is 5.37. The second-order valence-electron chi connectivity index (χ2n) is 5.37. The predicted molar refractivity (Wildman–Crippen MR) is 76.4 cm³/mol. The Bertz CT molecular complexity index is 499. The van der Waals surface area contributed by atoms with Crippen LogP contribution in [-0.2, 0) is 6.42 Å². The minimum Gasteiger partial charge on any atom is -0.465 e. The third kappa shape index (κ3) is 3.74. The van der Waals surface area contributed by atoms with E-state index in [2.05, 4.69) is 6.07 Å². The molecule has 0 atom stereocenters. The van der Waals surface area contributed by atoms with Gasteiger partial charge < -0.3 is 10.0 Å². The Morgan fingerprint density at radius 3 is 2.70 bits per heavy atom. The van der Waals surface area contributed by atoms with Crippen molar-refractivity contribution in [2.24, 2.45) is 5.92 Å². The first-order valence-electron chi connectivity index (χ1n) is 7.16. The number of rotatable bonds is 4. The van der Waals surface area contributed by atoms with Gasteiger partial charge >= 0.3 is 6.09 Å². The van der Waals surface area contributed by atoms with Crippen molar-refractivity contribution in [1.29, 1.82) is 5.26 Å². The number of carbonyl (C=O) groups is 1. The number of carboxylic acid groups (broad SMARTS) is 1. The fourth-order valence-electron chi connectivity index (χ4n) is 2.84. The van der Waals surface area contributed by atoms with Gasteiger partial charge in [0.05, 0.1) is 11.6 Å². The van der Waals surface area contributed by atoms with Crippen molar-refractivity contribution in [3.63, 3.8) is 0 Å². The van der Waals surface area contributed by atoms with Gasteiger partial charge in [0.2, 0.25) is 0 Å². The largest absolute Gasteiger partial charge is 0.465 e. The Labute approximate surface area is 119 Å². The first-order chi connectivity index (χ1) is 9.70. The van der Waals surface area contributed by atoms with Gasteiger partial charge in [-0.3, -0.25) is 0 Å². The van der Waals surface area contributed by atoms with Gasteiger partial charge in [-0.1, -0.05) is 18.2 Å². The minimum absolute atomic E-state index is 0.625. The smallest absolute Gasteiger partial charge is 0.407 e. The highest BCUT2D eigenvalue weighted by molar-refractivity contribution is 5.64. The van der Waals surface area contributed by atoms with Gasteiger partial charge in [0.25, 0.3) is 0 Å². The molecule has 4 heteroatoms. The highest BCUT2D eigenvalue weighted by Crippen LogP contribution is 2.23. The molecule has 1 amide bonds. The van der Waals surface area contributed by atoms with Gasteiger partial charge in [0, 0.05) is 13.1 Å². The van der Waals surface area contributed by atoms with Gasteiger partial charge in [0.1, 0.15) is 0 Å². The maximum Gasteiger partial charge on any atom is 0.407 e. The van der Waals surface area contributed by atoms with Crippen LogP contribution in [0.15, 0.2) is 24.3 Å². The van der Waals surface area contributed by atoms with E-state index in [1.807, 2.05) is 24.3 Å². The van der Waals surface area contributed by atoms with Gasteiger partial charge in [-0.05, 0) is 49.7 Å². The lowest BCUT2D eigenvalue weighted by atomic mass is 9.90. The van der Waals surface area contributed by atoms with Crippen LogP contribution in [0.2, 0.25) is 0 Å². The van der Waals surface area contributed by atoms with Crippen molar-refractivity contribution < 1.29 is 9.90 Å². The zero-order valence-electron chi connectivity index (χ0n) is 11.6. The van der Waals surface area contributed by atoms with Gasteiger partial charge in [-0.15, -0.1) is 0 Å². The predicted octanol–water partition coefficient (Wildman–Crippen LogP) is 3.27. The Balaban J connectivity index is 1.75. The number of hydrogen-bond donors (Lipinski definition) is 1. The van der Waals surface area contributed by atoms with E-state index in [0.29, 0.717) is 19.0 Å². The van der Waals surface area contributed by atoms with Crippen LogP contribution in [-0.4, -0.2) is 29.2 Å². The van der Waals surface area contributed by atoms with Gasteiger partial charge in [-0.25, -0.2) is 4.79 Å². The van der Waals surface area contributed by atoms with Crippen molar-refractivity contribution >= 4 is 6.09 Å². The van der Waals surface area contributed by atoms with Crippen LogP contribution in [0.1, 0.15) is 36.8 Å². The summed E-state index contributed by atoms with van der Waals surface area (Å²) < 4.78 is 0. The molecule has 0 aliphatic carbocycles. The summed E-state index contributed by atoms with van der Waals surface area (Å²) in [6, 6.07) is 9.98. The number of aryl methyl sites for hydroxylation is 1. The molecule has 1 aliphatic rings. The number of benzene rings is 1.